The van der Waals surface area contributed by atoms with Gasteiger partial charge in [-0.3, -0.25) is 4.57 Å². The number of aromatic nitrogens is 3. The number of hydrogen-bond donors (Lipinski definition) is 1. The van der Waals surface area contributed by atoms with Gasteiger partial charge >= 0.3 is 0 Å². The van der Waals surface area contributed by atoms with Crippen LogP contribution in [0.15, 0.2) is 0 Å². The largest absolute Gasteiger partial charge is 0.340 e. The second-order valence-corrected chi connectivity index (χ2v) is 4.94. The molecule has 0 aliphatic carbocycles. The Morgan fingerprint density at radius 1 is 1.50 bits per heavy atom. The van der Waals surface area contributed by atoms with E-state index in [4.69, 9.17) is 12.2 Å². The van der Waals surface area contributed by atoms with E-state index < -0.39 is 0 Å². The number of aromatic amines is 1. The molecule has 0 spiro atoms. The fourth-order valence-corrected chi connectivity index (χ4v) is 2.40. The molecule has 6 heteroatoms. The van der Waals surface area contributed by atoms with Crippen LogP contribution in [0.1, 0.15) is 12.8 Å². The summed E-state index contributed by atoms with van der Waals surface area (Å²) in [5, 5.41) is 7.10. The molecule has 0 bridgehead atoms. The molecule has 5 nitrogen and oxygen atoms in total. The summed E-state index contributed by atoms with van der Waals surface area (Å²) >= 11 is 5.13. The zero-order valence-corrected chi connectivity index (χ0v) is 10.9. The van der Waals surface area contributed by atoms with Gasteiger partial charge in [0.1, 0.15) is 0 Å². The Kier molecular flexibility index (Phi) is 3.30. The van der Waals surface area contributed by atoms with Crippen molar-refractivity contribution in [1.29, 1.82) is 0 Å². The third-order valence-corrected chi connectivity index (χ3v) is 3.68. The third-order valence-electron chi connectivity index (χ3n) is 3.32. The SMILES string of the molecule is CN1CCCC(N(C)c2n[nH]c(=S)n2C)C1. The average Bonchev–Trinajstić information content (AvgIpc) is 2.59. The highest BCUT2D eigenvalue weighted by Crippen LogP contribution is 2.18. The predicted octanol–water partition coefficient (Wildman–Crippen LogP) is 1.01. The summed E-state index contributed by atoms with van der Waals surface area (Å²) in [7, 11) is 6.21. The number of nitrogens with zero attached hydrogens (tertiary/aromatic N) is 4. The van der Waals surface area contributed by atoms with E-state index in [0.717, 1.165) is 12.5 Å². The van der Waals surface area contributed by atoms with Crippen LogP contribution in [0, 0.1) is 4.77 Å². The number of likely N-dealkylation sites (N-methyl/N-ethyl adjacent to an activating group) is 2. The fourth-order valence-electron chi connectivity index (χ4n) is 2.27. The van der Waals surface area contributed by atoms with E-state index in [1.54, 1.807) is 0 Å². The molecular weight excluding hydrogens is 222 g/mol. The lowest BCUT2D eigenvalue weighted by Gasteiger charge is -2.35. The van der Waals surface area contributed by atoms with Gasteiger partial charge in [-0.25, -0.2) is 5.10 Å². The van der Waals surface area contributed by atoms with Crippen LogP contribution in [0.4, 0.5) is 5.95 Å². The van der Waals surface area contributed by atoms with E-state index in [2.05, 4.69) is 34.1 Å². The number of nitrogens with one attached hydrogen (secondary N) is 1. The highest BCUT2D eigenvalue weighted by Gasteiger charge is 2.23. The van der Waals surface area contributed by atoms with E-state index in [9.17, 15) is 0 Å². The Bertz CT molecular complexity index is 410. The number of rotatable bonds is 2. The first-order valence-corrected chi connectivity index (χ1v) is 6.03. The van der Waals surface area contributed by atoms with Crippen molar-refractivity contribution in [3.63, 3.8) is 0 Å². The lowest BCUT2D eigenvalue weighted by Crippen LogP contribution is -2.45. The maximum absolute atomic E-state index is 5.13. The Hall–Kier alpha value is -0.880. The minimum Gasteiger partial charge on any atom is -0.340 e. The number of likely N-dealkylation sites (tertiary alicyclic amines) is 1. The molecule has 2 rings (SSSR count). The van der Waals surface area contributed by atoms with Gasteiger partial charge in [-0.2, -0.15) is 0 Å². The maximum atomic E-state index is 5.13. The van der Waals surface area contributed by atoms with Gasteiger partial charge in [0.05, 0.1) is 0 Å². The van der Waals surface area contributed by atoms with Crippen LogP contribution in [0.3, 0.4) is 0 Å². The highest BCUT2D eigenvalue weighted by atomic mass is 32.1. The molecule has 1 aromatic rings. The van der Waals surface area contributed by atoms with Crippen LogP contribution in [-0.4, -0.2) is 52.9 Å². The summed E-state index contributed by atoms with van der Waals surface area (Å²) in [5.74, 6) is 0.922. The number of hydrogen-bond acceptors (Lipinski definition) is 4. The molecule has 1 fully saturated rings. The lowest BCUT2D eigenvalue weighted by atomic mass is 10.1. The zero-order chi connectivity index (χ0) is 11.7. The molecule has 0 amide bonds. The third kappa shape index (κ3) is 2.12. The summed E-state index contributed by atoms with van der Waals surface area (Å²) < 4.78 is 2.59. The van der Waals surface area contributed by atoms with Crippen LogP contribution in [0.25, 0.3) is 0 Å². The Morgan fingerprint density at radius 2 is 2.25 bits per heavy atom. The van der Waals surface area contributed by atoms with Crippen molar-refractivity contribution < 1.29 is 0 Å². The first kappa shape index (κ1) is 11.6. The lowest BCUT2D eigenvalue weighted by molar-refractivity contribution is 0.246. The molecule has 16 heavy (non-hydrogen) atoms. The van der Waals surface area contributed by atoms with E-state index in [0.29, 0.717) is 10.8 Å². The molecule has 90 valence electrons. The fraction of sp³-hybridized carbons (Fsp3) is 0.800. The molecule has 0 saturated carbocycles. The summed E-state index contributed by atoms with van der Waals surface area (Å²) in [6.07, 6.45) is 2.47. The second-order valence-electron chi connectivity index (χ2n) is 4.56. The van der Waals surface area contributed by atoms with Crippen LogP contribution in [0.5, 0.6) is 0 Å². The molecule has 1 N–H and O–H groups in total. The standard InChI is InChI=1S/C10H19N5S/c1-13-6-4-5-8(7-13)14(2)9-11-12-10(16)15(9)3/h8H,4-7H2,1-3H3,(H,12,16). The van der Waals surface area contributed by atoms with Crippen molar-refractivity contribution in [3.05, 3.63) is 4.77 Å². The Morgan fingerprint density at radius 3 is 2.81 bits per heavy atom. The molecular formula is C10H19N5S. The smallest absolute Gasteiger partial charge is 0.225 e. The normalized spacial score (nSPS) is 22.3. The summed E-state index contributed by atoms with van der Waals surface area (Å²) in [4.78, 5) is 4.59. The van der Waals surface area contributed by atoms with E-state index >= 15 is 0 Å². The maximum Gasteiger partial charge on any atom is 0.225 e. The molecule has 1 saturated heterocycles. The molecule has 1 aromatic heterocycles. The van der Waals surface area contributed by atoms with Crippen molar-refractivity contribution in [1.82, 2.24) is 19.7 Å². The quantitative estimate of drug-likeness (QED) is 0.785. The first-order chi connectivity index (χ1) is 7.59. The van der Waals surface area contributed by atoms with Gasteiger partial charge in [-0.15, -0.1) is 5.10 Å². The van der Waals surface area contributed by atoms with E-state index in [1.807, 2.05) is 11.6 Å². The minimum atomic E-state index is 0.530. The molecule has 0 radical (unpaired) electrons. The molecule has 1 aliphatic rings. The van der Waals surface area contributed by atoms with Crippen molar-refractivity contribution in [2.45, 2.75) is 18.9 Å². The summed E-state index contributed by atoms with van der Waals surface area (Å²) in [5.41, 5.74) is 0. The van der Waals surface area contributed by atoms with E-state index in [-0.39, 0.29) is 0 Å². The number of anilines is 1. The van der Waals surface area contributed by atoms with Crippen molar-refractivity contribution in [3.8, 4) is 0 Å². The Balaban J connectivity index is 2.15. The highest BCUT2D eigenvalue weighted by molar-refractivity contribution is 7.71. The molecule has 1 atom stereocenters. The van der Waals surface area contributed by atoms with Crippen molar-refractivity contribution in [2.24, 2.45) is 7.05 Å². The molecule has 0 aromatic carbocycles. The summed E-state index contributed by atoms with van der Waals surface area (Å²) in [6.45, 7) is 2.29. The molecule has 2 heterocycles. The van der Waals surface area contributed by atoms with Gasteiger partial charge in [-0.05, 0) is 38.7 Å². The summed E-state index contributed by atoms with van der Waals surface area (Å²) in [6, 6.07) is 0.530. The minimum absolute atomic E-state index is 0.530. The average molecular weight is 241 g/mol. The molecule has 1 unspecified atom stereocenters. The van der Waals surface area contributed by atoms with Crippen molar-refractivity contribution >= 4 is 18.2 Å². The van der Waals surface area contributed by atoms with Gasteiger partial charge in [-0.1, -0.05) is 0 Å². The van der Waals surface area contributed by atoms with Crippen molar-refractivity contribution in [2.75, 3.05) is 32.1 Å². The van der Waals surface area contributed by atoms with Crippen LogP contribution in [0.2, 0.25) is 0 Å². The molecule has 1 aliphatic heterocycles. The van der Waals surface area contributed by atoms with Gasteiger partial charge in [0.15, 0.2) is 4.77 Å². The number of H-pyrrole nitrogens is 1. The van der Waals surface area contributed by atoms with Crippen LogP contribution in [-0.2, 0) is 7.05 Å². The predicted molar refractivity (Wildman–Crippen MR) is 67.3 cm³/mol. The topological polar surface area (TPSA) is 40.1 Å². The monoisotopic (exact) mass is 241 g/mol. The van der Waals surface area contributed by atoms with Gasteiger partial charge in [0.2, 0.25) is 5.95 Å². The zero-order valence-electron chi connectivity index (χ0n) is 10.1. The van der Waals surface area contributed by atoms with Crippen LogP contribution < -0.4 is 4.90 Å². The Labute approximate surface area is 101 Å². The number of piperidine rings is 1. The van der Waals surface area contributed by atoms with Crippen LogP contribution >= 0.6 is 12.2 Å². The van der Waals surface area contributed by atoms with Gasteiger partial charge in [0.25, 0.3) is 0 Å². The second kappa shape index (κ2) is 4.55. The van der Waals surface area contributed by atoms with E-state index in [1.165, 1.54) is 19.4 Å². The van der Waals surface area contributed by atoms with Gasteiger partial charge < -0.3 is 9.80 Å². The first-order valence-electron chi connectivity index (χ1n) is 5.62. The van der Waals surface area contributed by atoms with Gasteiger partial charge in [0, 0.05) is 26.7 Å².